The first-order chi connectivity index (χ1) is 7.84. The molecule has 0 aromatic carbocycles. The van der Waals surface area contributed by atoms with Gasteiger partial charge in [-0.15, -0.1) is 0 Å². The number of pyridine rings is 1. The van der Waals surface area contributed by atoms with Gasteiger partial charge >= 0.3 is 0 Å². The second kappa shape index (κ2) is 2.98. The zero-order valence-corrected chi connectivity index (χ0v) is 9.61. The van der Waals surface area contributed by atoms with Crippen molar-refractivity contribution in [3.05, 3.63) is 23.2 Å². The molecule has 0 amide bonds. The molecule has 4 heteroatoms. The molecule has 0 spiro atoms. The number of hydrogen-bond donors (Lipinski definition) is 0. The number of hydrogen-bond acceptors (Lipinski definition) is 2. The molecule has 2 saturated carbocycles. The molecule has 4 rings (SSSR count). The molecule has 0 N–H and O–H groups in total. The number of fused-ring (bicyclic) bond motifs is 1. The van der Waals surface area contributed by atoms with Crippen LogP contribution in [0.2, 0.25) is 5.15 Å². The molecule has 0 bridgehead atoms. The molecule has 2 aromatic rings. The predicted molar refractivity (Wildman–Crippen MR) is 62.8 cm³/mol. The lowest BCUT2D eigenvalue weighted by molar-refractivity contribution is 0.703. The highest BCUT2D eigenvalue weighted by molar-refractivity contribution is 6.33. The lowest BCUT2D eigenvalue weighted by Crippen LogP contribution is -1.99. The molecule has 3 nitrogen and oxygen atoms in total. The maximum absolute atomic E-state index is 6.11. The number of nitrogens with zero attached hydrogens (tertiary/aromatic N) is 3. The van der Waals surface area contributed by atoms with Crippen LogP contribution in [0.25, 0.3) is 11.0 Å². The Balaban J connectivity index is 2.04. The zero-order valence-electron chi connectivity index (χ0n) is 8.86. The van der Waals surface area contributed by atoms with Crippen LogP contribution in [0.15, 0.2) is 12.3 Å². The van der Waals surface area contributed by atoms with Crippen molar-refractivity contribution in [2.24, 2.45) is 0 Å². The lowest BCUT2D eigenvalue weighted by Gasteiger charge is -2.05. The van der Waals surface area contributed by atoms with E-state index in [-0.39, 0.29) is 0 Å². The number of rotatable bonds is 2. The van der Waals surface area contributed by atoms with Crippen molar-refractivity contribution in [3.63, 3.8) is 0 Å². The first kappa shape index (κ1) is 8.99. The van der Waals surface area contributed by atoms with Gasteiger partial charge in [0.15, 0.2) is 5.15 Å². The maximum atomic E-state index is 6.11. The van der Waals surface area contributed by atoms with Crippen LogP contribution in [-0.2, 0) is 0 Å². The summed E-state index contributed by atoms with van der Waals surface area (Å²) in [6, 6.07) is 2.71. The van der Waals surface area contributed by atoms with E-state index in [0.717, 1.165) is 5.52 Å². The summed E-state index contributed by atoms with van der Waals surface area (Å²) in [6.45, 7) is 0. The van der Waals surface area contributed by atoms with E-state index < -0.39 is 0 Å². The number of aromatic nitrogens is 3. The summed E-state index contributed by atoms with van der Waals surface area (Å²) >= 11 is 6.11. The molecular weight excluding hydrogens is 222 g/mol. The van der Waals surface area contributed by atoms with Gasteiger partial charge in [0.1, 0.15) is 11.3 Å². The molecular formula is C12H12ClN3. The van der Waals surface area contributed by atoms with Crippen LogP contribution in [-0.4, -0.2) is 14.5 Å². The van der Waals surface area contributed by atoms with Crippen molar-refractivity contribution in [1.29, 1.82) is 0 Å². The summed E-state index contributed by atoms with van der Waals surface area (Å²) in [5.74, 6) is 1.91. The Morgan fingerprint density at radius 2 is 2.06 bits per heavy atom. The van der Waals surface area contributed by atoms with Gasteiger partial charge in [-0.3, -0.25) is 0 Å². The van der Waals surface area contributed by atoms with Crippen molar-refractivity contribution in [1.82, 2.24) is 14.5 Å². The van der Waals surface area contributed by atoms with Gasteiger partial charge in [-0.2, -0.15) is 0 Å². The molecule has 0 atom stereocenters. The Kier molecular flexibility index (Phi) is 1.67. The van der Waals surface area contributed by atoms with Gasteiger partial charge in [0.05, 0.1) is 5.52 Å². The Hall–Kier alpha value is -1.09. The summed E-state index contributed by atoms with van der Waals surface area (Å²) in [7, 11) is 0. The molecule has 0 saturated heterocycles. The lowest BCUT2D eigenvalue weighted by atomic mass is 10.3. The van der Waals surface area contributed by atoms with Gasteiger partial charge in [-0.05, 0) is 31.7 Å². The quantitative estimate of drug-likeness (QED) is 0.746. The van der Waals surface area contributed by atoms with Crippen LogP contribution >= 0.6 is 11.6 Å². The van der Waals surface area contributed by atoms with E-state index >= 15 is 0 Å². The summed E-state index contributed by atoms with van der Waals surface area (Å²) in [4.78, 5) is 8.81. The molecule has 2 aliphatic rings. The third kappa shape index (κ3) is 1.21. The minimum Gasteiger partial charge on any atom is -0.324 e. The van der Waals surface area contributed by atoms with Gasteiger partial charge in [0.25, 0.3) is 0 Å². The average Bonchev–Trinajstić information content (AvgIpc) is 3.16. The van der Waals surface area contributed by atoms with Gasteiger partial charge in [-0.25, -0.2) is 9.97 Å². The van der Waals surface area contributed by atoms with Crippen LogP contribution in [0, 0.1) is 0 Å². The molecule has 0 radical (unpaired) electrons. The highest BCUT2D eigenvalue weighted by atomic mass is 35.5. The highest BCUT2D eigenvalue weighted by Crippen LogP contribution is 2.46. The molecule has 0 unspecified atom stereocenters. The molecule has 2 aromatic heterocycles. The third-order valence-electron chi connectivity index (χ3n) is 3.45. The second-order valence-electron chi connectivity index (χ2n) is 4.81. The molecule has 82 valence electrons. The Morgan fingerprint density at radius 3 is 2.75 bits per heavy atom. The number of halogens is 1. The van der Waals surface area contributed by atoms with Crippen LogP contribution < -0.4 is 0 Å². The third-order valence-corrected chi connectivity index (χ3v) is 3.72. The monoisotopic (exact) mass is 233 g/mol. The van der Waals surface area contributed by atoms with E-state index in [9.17, 15) is 0 Å². The fraction of sp³-hybridized carbons (Fsp3) is 0.500. The highest BCUT2D eigenvalue weighted by Gasteiger charge is 2.35. The van der Waals surface area contributed by atoms with Crippen LogP contribution in [0.5, 0.6) is 0 Å². The zero-order chi connectivity index (χ0) is 10.7. The first-order valence-corrected chi connectivity index (χ1v) is 6.25. The number of imidazole rings is 1. The van der Waals surface area contributed by atoms with Crippen molar-refractivity contribution < 1.29 is 0 Å². The smallest absolute Gasteiger partial charge is 0.156 e. The summed E-state index contributed by atoms with van der Waals surface area (Å²) in [5.41, 5.74) is 2.06. The Morgan fingerprint density at radius 1 is 1.25 bits per heavy atom. The Labute approximate surface area is 98.5 Å². The van der Waals surface area contributed by atoms with Gasteiger partial charge < -0.3 is 4.57 Å². The van der Waals surface area contributed by atoms with Crippen molar-refractivity contribution >= 4 is 22.6 Å². The van der Waals surface area contributed by atoms with Crippen LogP contribution in [0.1, 0.15) is 43.5 Å². The summed E-state index contributed by atoms with van der Waals surface area (Å²) in [5, 5.41) is 0.541. The largest absolute Gasteiger partial charge is 0.324 e. The van der Waals surface area contributed by atoms with E-state index in [1.165, 1.54) is 37.0 Å². The molecule has 2 fully saturated rings. The summed E-state index contributed by atoms with van der Waals surface area (Å²) in [6.07, 6.45) is 6.90. The van der Waals surface area contributed by atoms with E-state index in [2.05, 4.69) is 9.55 Å². The van der Waals surface area contributed by atoms with Crippen LogP contribution in [0.3, 0.4) is 0 Å². The minimum absolute atomic E-state index is 0.541. The summed E-state index contributed by atoms with van der Waals surface area (Å²) < 4.78 is 2.40. The van der Waals surface area contributed by atoms with Gasteiger partial charge in [0, 0.05) is 18.2 Å². The van der Waals surface area contributed by atoms with Gasteiger partial charge in [-0.1, -0.05) is 11.6 Å². The molecule has 2 heterocycles. The van der Waals surface area contributed by atoms with E-state index in [1.54, 1.807) is 6.20 Å². The standard InChI is InChI=1S/C12H12ClN3/c13-11-10-9(5-6-14-11)16(8-3-4-8)12(15-10)7-1-2-7/h5-8H,1-4H2. The fourth-order valence-corrected chi connectivity index (χ4v) is 2.55. The topological polar surface area (TPSA) is 30.7 Å². The predicted octanol–water partition coefficient (Wildman–Crippen LogP) is 3.30. The molecule has 2 aliphatic carbocycles. The molecule has 0 aliphatic heterocycles. The van der Waals surface area contributed by atoms with Crippen molar-refractivity contribution in [3.8, 4) is 0 Å². The normalized spacial score (nSPS) is 20.6. The van der Waals surface area contributed by atoms with E-state index in [1.807, 2.05) is 6.07 Å². The fourth-order valence-electron chi connectivity index (χ4n) is 2.35. The minimum atomic E-state index is 0.541. The molecule has 16 heavy (non-hydrogen) atoms. The Bertz CT molecular complexity index is 567. The van der Waals surface area contributed by atoms with Crippen LogP contribution in [0.4, 0.5) is 0 Å². The maximum Gasteiger partial charge on any atom is 0.156 e. The second-order valence-corrected chi connectivity index (χ2v) is 5.17. The van der Waals surface area contributed by atoms with E-state index in [0.29, 0.717) is 17.1 Å². The SMILES string of the molecule is Clc1nccc2c1nc(C1CC1)n2C1CC1. The van der Waals surface area contributed by atoms with Gasteiger partial charge in [0.2, 0.25) is 0 Å². The van der Waals surface area contributed by atoms with Crippen molar-refractivity contribution in [2.75, 3.05) is 0 Å². The van der Waals surface area contributed by atoms with Crippen molar-refractivity contribution in [2.45, 2.75) is 37.6 Å². The average molecular weight is 234 g/mol. The first-order valence-electron chi connectivity index (χ1n) is 5.87. The van der Waals surface area contributed by atoms with E-state index in [4.69, 9.17) is 16.6 Å².